The molecule has 2 heterocycles. The number of hydrogen-bond donors (Lipinski definition) is 2. The molecule has 3 N–H and O–H groups in total. The average Bonchev–Trinajstić information content (AvgIpc) is 2.99. The Labute approximate surface area is 140 Å². The van der Waals surface area contributed by atoms with Crippen molar-refractivity contribution in [2.45, 2.75) is 25.9 Å². The van der Waals surface area contributed by atoms with Crippen LogP contribution in [0.5, 0.6) is 0 Å². The highest BCUT2D eigenvalue weighted by Gasteiger charge is 2.28. The minimum atomic E-state index is -0.618. The van der Waals surface area contributed by atoms with Crippen LogP contribution in [0.3, 0.4) is 0 Å². The zero-order valence-corrected chi connectivity index (χ0v) is 13.8. The van der Waals surface area contributed by atoms with Gasteiger partial charge in [0.2, 0.25) is 0 Å². The van der Waals surface area contributed by atoms with Crippen LogP contribution in [0.25, 0.3) is 5.69 Å². The van der Waals surface area contributed by atoms with Crippen molar-refractivity contribution in [3.05, 3.63) is 47.8 Å². The molecule has 7 heteroatoms. The van der Waals surface area contributed by atoms with Gasteiger partial charge in [0.1, 0.15) is 5.69 Å². The van der Waals surface area contributed by atoms with Gasteiger partial charge in [-0.2, -0.15) is 5.10 Å². The van der Waals surface area contributed by atoms with E-state index in [-0.39, 0.29) is 29.4 Å². The molecule has 3 rings (SSSR count). The Morgan fingerprint density at radius 2 is 1.79 bits per heavy atom. The number of benzene rings is 1. The van der Waals surface area contributed by atoms with Crippen LogP contribution in [-0.2, 0) is 0 Å². The second kappa shape index (κ2) is 6.45. The minimum absolute atomic E-state index is 0.188. The van der Waals surface area contributed by atoms with E-state index in [4.69, 9.17) is 5.73 Å². The standard InChI is InChI=1S/C17H21N5O2/c1-11-9-21(10-12(2)19-11)17(24)14-8-15(16(18)23)22(20-14)13-6-4-3-5-7-13/h3-8,11-12,19H,9-10H2,1-2H3,(H2,18,23)/t11-,12+. The summed E-state index contributed by atoms with van der Waals surface area (Å²) in [5.74, 6) is -0.806. The van der Waals surface area contributed by atoms with E-state index in [9.17, 15) is 9.59 Å². The lowest BCUT2D eigenvalue weighted by molar-refractivity contribution is 0.0667. The van der Waals surface area contributed by atoms with Crippen LogP contribution < -0.4 is 11.1 Å². The fourth-order valence-corrected chi connectivity index (χ4v) is 3.08. The summed E-state index contributed by atoms with van der Waals surface area (Å²) < 4.78 is 1.42. The lowest BCUT2D eigenvalue weighted by atomic mass is 10.1. The Hall–Kier alpha value is -2.67. The van der Waals surface area contributed by atoms with Gasteiger partial charge < -0.3 is 16.0 Å². The monoisotopic (exact) mass is 327 g/mol. The predicted octanol–water partition coefficient (Wildman–Crippen LogP) is 0.794. The fraction of sp³-hybridized carbons (Fsp3) is 0.353. The first-order valence-corrected chi connectivity index (χ1v) is 7.96. The van der Waals surface area contributed by atoms with Gasteiger partial charge in [-0.15, -0.1) is 0 Å². The second-order valence-electron chi connectivity index (χ2n) is 6.21. The van der Waals surface area contributed by atoms with Crippen molar-refractivity contribution in [1.29, 1.82) is 0 Å². The number of nitrogens with two attached hydrogens (primary N) is 1. The minimum Gasteiger partial charge on any atom is -0.364 e. The molecule has 1 aromatic carbocycles. The number of rotatable bonds is 3. The van der Waals surface area contributed by atoms with E-state index in [0.717, 1.165) is 0 Å². The van der Waals surface area contributed by atoms with Crippen molar-refractivity contribution in [1.82, 2.24) is 20.0 Å². The van der Waals surface area contributed by atoms with Crippen LogP contribution in [0.1, 0.15) is 34.8 Å². The highest BCUT2D eigenvalue weighted by molar-refractivity contribution is 5.97. The third-order valence-corrected chi connectivity index (χ3v) is 4.03. The smallest absolute Gasteiger partial charge is 0.274 e. The summed E-state index contributed by atoms with van der Waals surface area (Å²) in [7, 11) is 0. The maximum Gasteiger partial charge on any atom is 0.274 e. The molecule has 0 spiro atoms. The predicted molar refractivity (Wildman–Crippen MR) is 90.0 cm³/mol. The molecule has 0 unspecified atom stereocenters. The number of amides is 2. The Morgan fingerprint density at radius 3 is 2.38 bits per heavy atom. The summed E-state index contributed by atoms with van der Waals surface area (Å²) in [4.78, 5) is 26.3. The first kappa shape index (κ1) is 16.2. The first-order chi connectivity index (χ1) is 11.5. The first-order valence-electron chi connectivity index (χ1n) is 7.96. The van der Waals surface area contributed by atoms with E-state index >= 15 is 0 Å². The molecule has 0 bridgehead atoms. The van der Waals surface area contributed by atoms with Crippen LogP contribution >= 0.6 is 0 Å². The number of nitrogens with zero attached hydrogens (tertiary/aromatic N) is 3. The van der Waals surface area contributed by atoms with E-state index in [1.54, 1.807) is 4.90 Å². The third kappa shape index (κ3) is 3.16. The van der Waals surface area contributed by atoms with Gasteiger partial charge >= 0.3 is 0 Å². The number of hydrogen-bond acceptors (Lipinski definition) is 4. The molecule has 0 aliphatic carbocycles. The summed E-state index contributed by atoms with van der Waals surface area (Å²) >= 11 is 0. The molecule has 2 aromatic rings. The number of nitrogens with one attached hydrogen (secondary N) is 1. The lowest BCUT2D eigenvalue weighted by Gasteiger charge is -2.35. The average molecular weight is 327 g/mol. The second-order valence-corrected chi connectivity index (χ2v) is 6.21. The van der Waals surface area contributed by atoms with Gasteiger partial charge in [0.25, 0.3) is 11.8 Å². The molecule has 1 aromatic heterocycles. The van der Waals surface area contributed by atoms with Crippen molar-refractivity contribution < 1.29 is 9.59 Å². The van der Waals surface area contributed by atoms with Gasteiger partial charge in [-0.05, 0) is 26.0 Å². The molecule has 0 radical (unpaired) electrons. The van der Waals surface area contributed by atoms with Crippen LogP contribution in [0.4, 0.5) is 0 Å². The molecule has 0 saturated carbocycles. The van der Waals surface area contributed by atoms with Crippen LogP contribution in [0.2, 0.25) is 0 Å². The van der Waals surface area contributed by atoms with Crippen molar-refractivity contribution in [2.75, 3.05) is 13.1 Å². The molecule has 1 saturated heterocycles. The van der Waals surface area contributed by atoms with Crippen molar-refractivity contribution in [3.8, 4) is 5.69 Å². The molecule has 1 fully saturated rings. The third-order valence-electron chi connectivity index (χ3n) is 4.03. The maximum atomic E-state index is 12.8. The van der Waals surface area contributed by atoms with Gasteiger partial charge in [0.15, 0.2) is 5.69 Å². The molecular formula is C17H21N5O2. The highest BCUT2D eigenvalue weighted by Crippen LogP contribution is 2.15. The Kier molecular flexibility index (Phi) is 4.35. The summed E-state index contributed by atoms with van der Waals surface area (Å²) in [6.45, 7) is 5.28. The number of piperazine rings is 1. The fourth-order valence-electron chi connectivity index (χ4n) is 3.08. The number of primary amides is 1. The van der Waals surface area contributed by atoms with Gasteiger partial charge in [0, 0.05) is 31.2 Å². The summed E-state index contributed by atoms with van der Waals surface area (Å²) in [6.07, 6.45) is 0. The van der Waals surface area contributed by atoms with E-state index in [0.29, 0.717) is 18.8 Å². The summed E-state index contributed by atoms with van der Waals surface area (Å²) in [5.41, 5.74) is 6.57. The van der Waals surface area contributed by atoms with E-state index in [1.165, 1.54) is 10.7 Å². The van der Waals surface area contributed by atoms with Gasteiger partial charge in [-0.3, -0.25) is 9.59 Å². The number of aromatic nitrogens is 2. The summed E-state index contributed by atoms with van der Waals surface area (Å²) in [5, 5.41) is 7.71. The molecule has 1 aliphatic heterocycles. The Bertz CT molecular complexity index is 746. The largest absolute Gasteiger partial charge is 0.364 e. The molecule has 2 amide bonds. The zero-order chi connectivity index (χ0) is 17.3. The SMILES string of the molecule is C[C@@H]1CN(C(=O)c2cc(C(N)=O)n(-c3ccccc3)n2)C[C@H](C)N1. The van der Waals surface area contributed by atoms with Crippen LogP contribution in [0, 0.1) is 0 Å². The molecule has 1 aliphatic rings. The van der Waals surface area contributed by atoms with Gasteiger partial charge in [-0.1, -0.05) is 18.2 Å². The molecule has 126 valence electrons. The van der Waals surface area contributed by atoms with Gasteiger partial charge in [-0.25, -0.2) is 4.68 Å². The molecular weight excluding hydrogens is 306 g/mol. The van der Waals surface area contributed by atoms with E-state index in [1.807, 2.05) is 44.2 Å². The quantitative estimate of drug-likeness (QED) is 0.872. The number of carbonyl (C=O) groups excluding carboxylic acids is 2. The van der Waals surface area contributed by atoms with E-state index in [2.05, 4.69) is 10.4 Å². The Morgan fingerprint density at radius 1 is 1.17 bits per heavy atom. The molecule has 24 heavy (non-hydrogen) atoms. The van der Waals surface area contributed by atoms with Crippen molar-refractivity contribution in [2.24, 2.45) is 5.73 Å². The van der Waals surface area contributed by atoms with Crippen molar-refractivity contribution in [3.63, 3.8) is 0 Å². The lowest BCUT2D eigenvalue weighted by Crippen LogP contribution is -2.55. The summed E-state index contributed by atoms with van der Waals surface area (Å²) in [6, 6.07) is 11.0. The van der Waals surface area contributed by atoms with Crippen LogP contribution in [0.15, 0.2) is 36.4 Å². The van der Waals surface area contributed by atoms with Crippen LogP contribution in [-0.4, -0.2) is 51.7 Å². The van der Waals surface area contributed by atoms with Gasteiger partial charge in [0.05, 0.1) is 5.69 Å². The Balaban J connectivity index is 1.94. The topological polar surface area (TPSA) is 93.2 Å². The normalized spacial score (nSPS) is 20.8. The zero-order valence-electron chi connectivity index (χ0n) is 13.8. The molecule has 2 atom stereocenters. The van der Waals surface area contributed by atoms with Crippen molar-refractivity contribution >= 4 is 11.8 Å². The number of carbonyl (C=O) groups is 2. The molecule has 7 nitrogen and oxygen atoms in total. The van der Waals surface area contributed by atoms with E-state index < -0.39 is 5.91 Å². The highest BCUT2D eigenvalue weighted by atomic mass is 16.2. The number of para-hydroxylation sites is 1. The maximum absolute atomic E-state index is 12.8.